The van der Waals surface area contributed by atoms with E-state index in [0.717, 1.165) is 5.56 Å². The van der Waals surface area contributed by atoms with E-state index in [9.17, 15) is 0 Å². The van der Waals surface area contributed by atoms with Gasteiger partial charge in [0.15, 0.2) is 10.5 Å². The third kappa shape index (κ3) is 2.12. The van der Waals surface area contributed by atoms with E-state index < -0.39 is 0 Å². The number of hydrogen-bond donors (Lipinski definition) is 2. The van der Waals surface area contributed by atoms with Crippen LogP contribution in [0.4, 0.5) is 5.82 Å². The average molecular weight is 373 g/mol. The number of aromatic amines is 1. The van der Waals surface area contributed by atoms with Gasteiger partial charge in [0.2, 0.25) is 0 Å². The first-order chi connectivity index (χ1) is 9.59. The topological polar surface area (TPSA) is 67.8 Å². The molecular formula is C13H8BrCl2N3O. The fourth-order valence-electron chi connectivity index (χ4n) is 2.01. The Morgan fingerprint density at radius 2 is 1.85 bits per heavy atom. The number of hydrogen-bond acceptors (Lipinski definition) is 3. The van der Waals surface area contributed by atoms with Crippen molar-refractivity contribution in [3.05, 3.63) is 45.2 Å². The Balaban J connectivity index is 2.31. The highest BCUT2D eigenvalue weighted by atomic mass is 79.9. The van der Waals surface area contributed by atoms with Crippen molar-refractivity contribution in [2.24, 2.45) is 0 Å². The maximum Gasteiger partial charge on any atom is 0.178 e. The fourth-order valence-corrected chi connectivity index (χ4v) is 3.04. The Kier molecular flexibility index (Phi) is 3.50. The van der Waals surface area contributed by atoms with E-state index in [2.05, 4.69) is 26.1 Å². The molecule has 0 aliphatic heterocycles. The number of benzene rings is 1. The smallest absolute Gasteiger partial charge is 0.178 e. The van der Waals surface area contributed by atoms with Gasteiger partial charge in [0, 0.05) is 5.56 Å². The summed E-state index contributed by atoms with van der Waals surface area (Å²) in [6.45, 7) is 0. The van der Waals surface area contributed by atoms with Crippen LogP contribution in [0.25, 0.3) is 22.4 Å². The number of nitrogens with zero attached hydrogens (tertiary/aromatic N) is 1. The molecule has 0 amide bonds. The summed E-state index contributed by atoms with van der Waals surface area (Å²) in [5.41, 5.74) is 8.75. The lowest BCUT2D eigenvalue weighted by Crippen LogP contribution is -1.90. The number of halogens is 3. The molecule has 3 N–H and O–H groups in total. The molecule has 0 saturated carbocycles. The minimum Gasteiger partial charge on any atom is -0.457 e. The molecule has 1 aromatic carbocycles. The molecule has 0 bridgehead atoms. The first-order valence-electron chi connectivity index (χ1n) is 5.61. The molecule has 0 aliphatic carbocycles. The van der Waals surface area contributed by atoms with Crippen LogP contribution in [-0.4, -0.2) is 10.2 Å². The second-order valence-corrected chi connectivity index (χ2v) is 5.60. The largest absolute Gasteiger partial charge is 0.457 e. The normalized spacial score (nSPS) is 10.9. The molecule has 20 heavy (non-hydrogen) atoms. The SMILES string of the molecule is Nc1n[nH]c(-c2ccoc2Br)c1-c1c(Cl)cccc1Cl. The zero-order chi connectivity index (χ0) is 14.3. The molecule has 0 atom stereocenters. The van der Waals surface area contributed by atoms with Gasteiger partial charge >= 0.3 is 0 Å². The lowest BCUT2D eigenvalue weighted by atomic mass is 10.0. The number of H-pyrrole nitrogens is 1. The molecule has 0 aliphatic rings. The van der Waals surface area contributed by atoms with Gasteiger partial charge in [0.05, 0.1) is 33.1 Å². The number of aromatic nitrogens is 2. The summed E-state index contributed by atoms with van der Waals surface area (Å²) in [4.78, 5) is 0. The number of nitrogens with two attached hydrogens (primary N) is 1. The minimum atomic E-state index is 0.322. The molecule has 3 rings (SSSR count). The molecule has 0 fully saturated rings. The maximum absolute atomic E-state index is 6.25. The van der Waals surface area contributed by atoms with Crippen LogP contribution in [0.5, 0.6) is 0 Å². The summed E-state index contributed by atoms with van der Waals surface area (Å²) in [6.07, 6.45) is 1.56. The Morgan fingerprint density at radius 1 is 1.15 bits per heavy atom. The number of anilines is 1. The van der Waals surface area contributed by atoms with Crippen LogP contribution in [0.2, 0.25) is 10.0 Å². The van der Waals surface area contributed by atoms with Crippen molar-refractivity contribution in [1.29, 1.82) is 0 Å². The summed E-state index contributed by atoms with van der Waals surface area (Å²) in [7, 11) is 0. The molecule has 7 heteroatoms. The van der Waals surface area contributed by atoms with E-state index in [1.165, 1.54) is 0 Å². The van der Waals surface area contributed by atoms with Crippen molar-refractivity contribution in [1.82, 2.24) is 10.2 Å². The van der Waals surface area contributed by atoms with Crippen LogP contribution in [0.3, 0.4) is 0 Å². The van der Waals surface area contributed by atoms with Crippen LogP contribution >= 0.6 is 39.1 Å². The number of nitrogens with one attached hydrogen (secondary N) is 1. The summed E-state index contributed by atoms with van der Waals surface area (Å²) in [5.74, 6) is 0.322. The van der Waals surface area contributed by atoms with Gasteiger partial charge in [0.1, 0.15) is 0 Å². The summed E-state index contributed by atoms with van der Waals surface area (Å²) in [5, 5.41) is 7.95. The zero-order valence-electron chi connectivity index (χ0n) is 9.95. The van der Waals surface area contributed by atoms with Gasteiger partial charge in [-0.25, -0.2) is 0 Å². The van der Waals surface area contributed by atoms with Crippen molar-refractivity contribution in [2.45, 2.75) is 0 Å². The van der Waals surface area contributed by atoms with E-state index in [4.69, 9.17) is 33.4 Å². The zero-order valence-corrected chi connectivity index (χ0v) is 13.1. The van der Waals surface area contributed by atoms with Crippen LogP contribution < -0.4 is 5.73 Å². The summed E-state index contributed by atoms with van der Waals surface area (Å²) in [6, 6.07) is 7.08. The van der Waals surface area contributed by atoms with Gasteiger partial charge in [-0.3, -0.25) is 5.10 Å². The van der Waals surface area contributed by atoms with E-state index in [-0.39, 0.29) is 0 Å². The van der Waals surface area contributed by atoms with Gasteiger partial charge in [-0.1, -0.05) is 29.3 Å². The van der Waals surface area contributed by atoms with Crippen LogP contribution in [0.1, 0.15) is 0 Å². The average Bonchev–Trinajstić information content (AvgIpc) is 2.97. The van der Waals surface area contributed by atoms with Gasteiger partial charge in [0.25, 0.3) is 0 Å². The summed E-state index contributed by atoms with van der Waals surface area (Å²) >= 11 is 15.8. The van der Waals surface area contributed by atoms with E-state index in [1.54, 1.807) is 30.5 Å². The molecule has 2 aromatic heterocycles. The molecule has 102 valence electrons. The van der Waals surface area contributed by atoms with E-state index >= 15 is 0 Å². The molecule has 0 spiro atoms. The number of nitrogen functional groups attached to an aromatic ring is 1. The van der Waals surface area contributed by atoms with Crippen molar-refractivity contribution in [3.63, 3.8) is 0 Å². The van der Waals surface area contributed by atoms with Crippen LogP contribution in [0.15, 0.2) is 39.6 Å². The van der Waals surface area contributed by atoms with E-state index in [1.807, 2.05) is 0 Å². The molecule has 0 radical (unpaired) electrons. The van der Waals surface area contributed by atoms with Gasteiger partial charge in [-0.05, 0) is 34.1 Å². The second-order valence-electron chi connectivity index (χ2n) is 4.06. The molecule has 3 aromatic rings. The molecular weight excluding hydrogens is 365 g/mol. The molecule has 4 nitrogen and oxygen atoms in total. The summed E-state index contributed by atoms with van der Waals surface area (Å²) < 4.78 is 5.82. The highest BCUT2D eigenvalue weighted by molar-refractivity contribution is 9.10. The standard InChI is InChI=1S/C13H8BrCl2N3O/c14-12-6(4-5-20-12)11-10(13(17)19-18-11)9-7(15)2-1-3-8(9)16/h1-5H,(H3,17,18,19). The lowest BCUT2D eigenvalue weighted by molar-refractivity contribution is 0.542. The predicted molar refractivity (Wildman–Crippen MR) is 83.9 cm³/mol. The Morgan fingerprint density at radius 3 is 2.45 bits per heavy atom. The quantitative estimate of drug-likeness (QED) is 0.665. The lowest BCUT2D eigenvalue weighted by Gasteiger charge is -2.08. The van der Waals surface area contributed by atoms with Gasteiger partial charge in [-0.2, -0.15) is 5.10 Å². The molecule has 2 heterocycles. The van der Waals surface area contributed by atoms with Crippen LogP contribution in [0, 0.1) is 0 Å². The third-order valence-corrected chi connectivity index (χ3v) is 4.14. The number of rotatable bonds is 2. The van der Waals surface area contributed by atoms with Crippen molar-refractivity contribution >= 4 is 44.9 Å². The van der Waals surface area contributed by atoms with E-state index in [0.29, 0.717) is 37.4 Å². The highest BCUT2D eigenvalue weighted by Gasteiger charge is 2.21. The van der Waals surface area contributed by atoms with Gasteiger partial charge < -0.3 is 10.2 Å². The maximum atomic E-state index is 6.25. The second kappa shape index (κ2) is 5.16. The first kappa shape index (κ1) is 13.5. The van der Waals surface area contributed by atoms with Gasteiger partial charge in [-0.15, -0.1) is 0 Å². The van der Waals surface area contributed by atoms with Crippen LogP contribution in [-0.2, 0) is 0 Å². The monoisotopic (exact) mass is 371 g/mol. The Labute approximate surface area is 133 Å². The van der Waals surface area contributed by atoms with Crippen molar-refractivity contribution < 1.29 is 4.42 Å². The first-order valence-corrected chi connectivity index (χ1v) is 7.16. The van der Waals surface area contributed by atoms with Crippen molar-refractivity contribution in [3.8, 4) is 22.4 Å². The Hall–Kier alpha value is -1.43. The minimum absolute atomic E-state index is 0.322. The van der Waals surface area contributed by atoms with Crippen molar-refractivity contribution in [2.75, 3.05) is 5.73 Å². The molecule has 0 unspecified atom stereocenters. The molecule has 0 saturated heterocycles. The fraction of sp³-hybridized carbons (Fsp3) is 0. The predicted octanol–water partition coefficient (Wildman–Crippen LogP) is 4.99. The third-order valence-electron chi connectivity index (χ3n) is 2.89. The number of furan rings is 1. The Bertz CT molecular complexity index is 762. The highest BCUT2D eigenvalue weighted by Crippen LogP contribution is 2.43.